The molecule has 0 aromatic heterocycles. The Hall–Kier alpha value is -2.24. The smallest absolute Gasteiger partial charge is 0.194 e. The molecule has 2 aromatic rings. The third-order valence-corrected chi connectivity index (χ3v) is 5.15. The molecule has 1 heterocycles. The summed E-state index contributed by atoms with van der Waals surface area (Å²) >= 11 is 6.19. The van der Waals surface area contributed by atoms with Gasteiger partial charge in [-0.25, -0.2) is 4.99 Å². The highest BCUT2D eigenvalue weighted by Gasteiger charge is 2.19. The topological polar surface area (TPSA) is 57.1 Å². The molecule has 0 spiro atoms. The van der Waals surface area contributed by atoms with Gasteiger partial charge >= 0.3 is 0 Å². The summed E-state index contributed by atoms with van der Waals surface area (Å²) in [5.74, 6) is 1.58. The zero-order valence-electron chi connectivity index (χ0n) is 16.3. The highest BCUT2D eigenvalue weighted by Crippen LogP contribution is 2.24. The molecule has 28 heavy (non-hydrogen) atoms. The van der Waals surface area contributed by atoms with Crippen molar-refractivity contribution < 1.29 is 9.84 Å². The first-order valence-electron chi connectivity index (χ1n) is 9.82. The van der Waals surface area contributed by atoms with E-state index in [4.69, 9.17) is 21.3 Å². The van der Waals surface area contributed by atoms with E-state index in [0.717, 1.165) is 49.6 Å². The van der Waals surface area contributed by atoms with Crippen LogP contribution in [0.5, 0.6) is 5.75 Å². The van der Waals surface area contributed by atoms with Crippen molar-refractivity contribution in [1.29, 1.82) is 0 Å². The standard InChI is InChI=1S/C22H28ClN3O2/c1-2-24-22(26-13-11-19(27)12-14-26)25-15-17-7-3-4-8-18(17)16-28-21-10-6-5-9-20(21)23/h3-10,19,27H,2,11-16H2,1H3,(H,24,25). The Labute approximate surface area is 172 Å². The van der Waals surface area contributed by atoms with Crippen LogP contribution in [0.15, 0.2) is 53.5 Å². The highest BCUT2D eigenvalue weighted by atomic mass is 35.5. The second kappa shape index (κ2) is 10.3. The summed E-state index contributed by atoms with van der Waals surface area (Å²) in [6.45, 7) is 5.55. The van der Waals surface area contributed by atoms with Crippen molar-refractivity contribution in [2.24, 2.45) is 4.99 Å². The van der Waals surface area contributed by atoms with Crippen LogP contribution in [0, 0.1) is 0 Å². The molecule has 0 aliphatic carbocycles. The normalized spacial score (nSPS) is 15.5. The van der Waals surface area contributed by atoms with Crippen LogP contribution in [0.4, 0.5) is 0 Å². The molecule has 150 valence electrons. The number of guanidine groups is 1. The zero-order chi connectivity index (χ0) is 19.8. The van der Waals surface area contributed by atoms with Gasteiger partial charge in [-0.1, -0.05) is 48.0 Å². The van der Waals surface area contributed by atoms with E-state index in [1.807, 2.05) is 36.4 Å². The lowest BCUT2D eigenvalue weighted by atomic mass is 10.1. The number of para-hydroxylation sites is 1. The molecule has 0 amide bonds. The van der Waals surface area contributed by atoms with Crippen molar-refractivity contribution >= 4 is 17.6 Å². The lowest BCUT2D eigenvalue weighted by Crippen LogP contribution is -2.46. The monoisotopic (exact) mass is 401 g/mol. The van der Waals surface area contributed by atoms with Crippen molar-refractivity contribution in [3.8, 4) is 5.75 Å². The first-order valence-corrected chi connectivity index (χ1v) is 10.2. The number of halogens is 1. The third-order valence-electron chi connectivity index (χ3n) is 4.84. The van der Waals surface area contributed by atoms with Gasteiger partial charge in [0.25, 0.3) is 0 Å². The number of rotatable bonds is 6. The molecule has 1 fully saturated rings. The van der Waals surface area contributed by atoms with E-state index in [9.17, 15) is 5.11 Å². The Morgan fingerprint density at radius 2 is 1.82 bits per heavy atom. The molecule has 5 nitrogen and oxygen atoms in total. The van der Waals surface area contributed by atoms with E-state index in [0.29, 0.717) is 23.9 Å². The van der Waals surface area contributed by atoms with Gasteiger partial charge in [0.15, 0.2) is 5.96 Å². The summed E-state index contributed by atoms with van der Waals surface area (Å²) in [7, 11) is 0. The maximum atomic E-state index is 9.75. The van der Waals surface area contributed by atoms with Crippen LogP contribution in [0.1, 0.15) is 30.9 Å². The average Bonchev–Trinajstić information content (AvgIpc) is 2.72. The molecule has 0 bridgehead atoms. The van der Waals surface area contributed by atoms with Crippen LogP contribution in [0.2, 0.25) is 5.02 Å². The first kappa shape index (κ1) is 20.5. The Morgan fingerprint density at radius 3 is 2.54 bits per heavy atom. The van der Waals surface area contributed by atoms with Gasteiger partial charge in [0, 0.05) is 19.6 Å². The Morgan fingerprint density at radius 1 is 1.14 bits per heavy atom. The van der Waals surface area contributed by atoms with Crippen LogP contribution in [0.3, 0.4) is 0 Å². The molecule has 0 radical (unpaired) electrons. The molecule has 1 aliphatic rings. The van der Waals surface area contributed by atoms with Gasteiger partial charge in [-0.3, -0.25) is 0 Å². The molecule has 3 rings (SSSR count). The zero-order valence-corrected chi connectivity index (χ0v) is 17.0. The fourth-order valence-corrected chi connectivity index (χ4v) is 3.42. The molecule has 2 N–H and O–H groups in total. The quantitative estimate of drug-likeness (QED) is 0.570. The molecule has 0 unspecified atom stereocenters. The summed E-state index contributed by atoms with van der Waals surface area (Å²) in [4.78, 5) is 7.06. The van der Waals surface area contributed by atoms with E-state index in [-0.39, 0.29) is 6.10 Å². The van der Waals surface area contributed by atoms with Crippen molar-refractivity contribution in [2.45, 2.75) is 39.0 Å². The van der Waals surface area contributed by atoms with E-state index in [1.54, 1.807) is 0 Å². The van der Waals surface area contributed by atoms with E-state index in [1.165, 1.54) is 0 Å². The fourth-order valence-electron chi connectivity index (χ4n) is 3.23. The van der Waals surface area contributed by atoms with E-state index < -0.39 is 0 Å². The number of piperidine rings is 1. The summed E-state index contributed by atoms with van der Waals surface area (Å²) in [5, 5.41) is 13.7. The molecule has 0 saturated carbocycles. The number of nitrogens with zero attached hydrogens (tertiary/aromatic N) is 2. The highest BCUT2D eigenvalue weighted by molar-refractivity contribution is 6.32. The predicted octanol–water partition coefficient (Wildman–Crippen LogP) is 3.84. The summed E-state index contributed by atoms with van der Waals surface area (Å²) in [6.07, 6.45) is 1.38. The minimum Gasteiger partial charge on any atom is -0.487 e. The van der Waals surface area contributed by atoms with Crippen molar-refractivity contribution in [3.63, 3.8) is 0 Å². The number of hydrogen-bond donors (Lipinski definition) is 2. The van der Waals surface area contributed by atoms with Crippen LogP contribution in [-0.2, 0) is 13.2 Å². The molecule has 1 aliphatic heterocycles. The summed E-state index contributed by atoms with van der Waals surface area (Å²) < 4.78 is 5.91. The minimum absolute atomic E-state index is 0.193. The van der Waals surface area contributed by atoms with Crippen LogP contribution in [-0.4, -0.2) is 41.7 Å². The Balaban J connectivity index is 1.69. The van der Waals surface area contributed by atoms with Crippen LogP contribution >= 0.6 is 11.6 Å². The minimum atomic E-state index is -0.193. The number of aliphatic hydroxyl groups is 1. The first-order chi connectivity index (χ1) is 13.7. The molecular formula is C22H28ClN3O2. The number of likely N-dealkylation sites (tertiary alicyclic amines) is 1. The molecule has 2 aromatic carbocycles. The van der Waals surface area contributed by atoms with Crippen molar-refractivity contribution in [1.82, 2.24) is 10.2 Å². The number of nitrogens with one attached hydrogen (secondary N) is 1. The van der Waals surface area contributed by atoms with E-state index >= 15 is 0 Å². The van der Waals surface area contributed by atoms with Gasteiger partial charge in [-0.15, -0.1) is 0 Å². The van der Waals surface area contributed by atoms with Gasteiger partial charge in [0.05, 0.1) is 17.7 Å². The van der Waals surface area contributed by atoms with Gasteiger partial charge in [0.2, 0.25) is 0 Å². The molecular weight excluding hydrogens is 374 g/mol. The van der Waals surface area contributed by atoms with Gasteiger partial charge in [-0.05, 0) is 43.0 Å². The second-order valence-corrected chi connectivity index (χ2v) is 7.28. The maximum Gasteiger partial charge on any atom is 0.194 e. The number of ether oxygens (including phenoxy) is 1. The van der Waals surface area contributed by atoms with Crippen molar-refractivity contribution in [3.05, 3.63) is 64.7 Å². The fraction of sp³-hybridized carbons (Fsp3) is 0.409. The number of hydrogen-bond acceptors (Lipinski definition) is 3. The third kappa shape index (κ3) is 5.63. The van der Waals surface area contributed by atoms with Gasteiger partial charge < -0.3 is 20.1 Å². The Kier molecular flexibility index (Phi) is 7.57. The molecule has 0 atom stereocenters. The van der Waals surface area contributed by atoms with E-state index in [2.05, 4.69) is 29.3 Å². The average molecular weight is 402 g/mol. The second-order valence-electron chi connectivity index (χ2n) is 6.88. The van der Waals surface area contributed by atoms with Crippen molar-refractivity contribution in [2.75, 3.05) is 19.6 Å². The Bertz CT molecular complexity index is 789. The number of aliphatic imine (C=N–C) groups is 1. The summed E-state index contributed by atoms with van der Waals surface area (Å²) in [5.41, 5.74) is 2.22. The maximum absolute atomic E-state index is 9.75. The van der Waals surface area contributed by atoms with Gasteiger partial charge in [-0.2, -0.15) is 0 Å². The van der Waals surface area contributed by atoms with Gasteiger partial charge in [0.1, 0.15) is 12.4 Å². The van der Waals surface area contributed by atoms with Crippen LogP contribution < -0.4 is 10.1 Å². The number of aliphatic hydroxyl groups excluding tert-OH is 1. The summed E-state index contributed by atoms with van der Waals surface area (Å²) in [6, 6.07) is 15.7. The lowest BCUT2D eigenvalue weighted by Gasteiger charge is -2.32. The number of benzene rings is 2. The van der Waals surface area contributed by atoms with Crippen LogP contribution in [0.25, 0.3) is 0 Å². The molecule has 6 heteroatoms. The SMILES string of the molecule is CCNC(=NCc1ccccc1COc1ccccc1Cl)N1CCC(O)CC1. The molecule has 1 saturated heterocycles. The predicted molar refractivity (Wildman–Crippen MR) is 114 cm³/mol. The lowest BCUT2D eigenvalue weighted by molar-refractivity contribution is 0.108. The largest absolute Gasteiger partial charge is 0.487 e.